The molecule has 0 spiro atoms. The van der Waals surface area contributed by atoms with E-state index in [1.165, 1.54) is 21.3 Å². The van der Waals surface area contributed by atoms with Crippen LogP contribution in [0.1, 0.15) is 27.3 Å². The molecule has 0 fully saturated rings. The van der Waals surface area contributed by atoms with E-state index < -0.39 is 0 Å². The van der Waals surface area contributed by atoms with Crippen molar-refractivity contribution in [2.45, 2.75) is 26.8 Å². The number of hydrogen-bond donors (Lipinski definition) is 1. The Morgan fingerprint density at radius 1 is 0.892 bits per heavy atom. The van der Waals surface area contributed by atoms with Gasteiger partial charge in [-0.25, -0.2) is 4.98 Å². The Kier molecular flexibility index (Phi) is 8.18. The number of para-hydroxylation sites is 3. The Morgan fingerprint density at radius 2 is 1.57 bits per heavy atom. The lowest BCUT2D eigenvalue weighted by Gasteiger charge is -2.15. The summed E-state index contributed by atoms with van der Waals surface area (Å²) in [5, 5.41) is 2.98. The van der Waals surface area contributed by atoms with E-state index in [4.69, 9.17) is 23.9 Å². The predicted molar refractivity (Wildman–Crippen MR) is 143 cm³/mol. The van der Waals surface area contributed by atoms with Crippen LogP contribution in [0.4, 0.5) is 0 Å². The summed E-state index contributed by atoms with van der Waals surface area (Å²) in [6.45, 7) is 5.67. The Hall–Kier alpha value is -4.20. The monoisotopic (exact) mass is 503 g/mol. The third-order valence-corrected chi connectivity index (χ3v) is 6.26. The minimum absolute atomic E-state index is 0.236. The molecule has 0 radical (unpaired) electrons. The molecule has 1 heterocycles. The molecule has 4 rings (SSSR count). The van der Waals surface area contributed by atoms with Crippen LogP contribution in [0.5, 0.6) is 23.0 Å². The molecule has 0 aliphatic rings. The lowest BCUT2D eigenvalue weighted by molar-refractivity contribution is 0.0953. The molecular formula is C29H33N3O5. The van der Waals surface area contributed by atoms with Crippen LogP contribution in [0.2, 0.25) is 0 Å². The van der Waals surface area contributed by atoms with Gasteiger partial charge < -0.3 is 28.8 Å². The number of fused-ring (bicyclic) bond motifs is 1. The van der Waals surface area contributed by atoms with Crippen LogP contribution < -0.4 is 24.3 Å². The number of ether oxygens (including phenoxy) is 4. The number of nitrogens with zero attached hydrogens (tertiary/aromatic N) is 2. The molecule has 0 aliphatic carbocycles. The largest absolute Gasteiger partial charge is 0.493 e. The zero-order valence-corrected chi connectivity index (χ0v) is 22.0. The average Bonchev–Trinajstić information content (AvgIpc) is 3.26. The maximum atomic E-state index is 12.9. The van der Waals surface area contributed by atoms with Crippen LogP contribution in [0.25, 0.3) is 11.0 Å². The fourth-order valence-corrected chi connectivity index (χ4v) is 4.43. The van der Waals surface area contributed by atoms with Crippen molar-refractivity contribution >= 4 is 16.9 Å². The first-order chi connectivity index (χ1) is 18.0. The van der Waals surface area contributed by atoms with Gasteiger partial charge in [0.25, 0.3) is 5.91 Å². The summed E-state index contributed by atoms with van der Waals surface area (Å²) in [5.41, 5.74) is 4.61. The number of imidazole rings is 1. The second-order valence-corrected chi connectivity index (χ2v) is 8.66. The number of aryl methyl sites for hydroxylation is 2. The first-order valence-corrected chi connectivity index (χ1v) is 12.2. The van der Waals surface area contributed by atoms with E-state index in [0.29, 0.717) is 48.9 Å². The van der Waals surface area contributed by atoms with Crippen LogP contribution in [0.15, 0.2) is 54.6 Å². The van der Waals surface area contributed by atoms with E-state index in [-0.39, 0.29) is 5.91 Å². The lowest BCUT2D eigenvalue weighted by atomic mass is 10.1. The highest BCUT2D eigenvalue weighted by molar-refractivity contribution is 5.95. The fraction of sp³-hybridized carbons (Fsp3) is 0.310. The van der Waals surface area contributed by atoms with Gasteiger partial charge in [0.1, 0.15) is 18.2 Å². The van der Waals surface area contributed by atoms with Crippen LogP contribution in [0.3, 0.4) is 0 Å². The Bertz CT molecular complexity index is 1350. The highest BCUT2D eigenvalue weighted by atomic mass is 16.5. The van der Waals surface area contributed by atoms with Crippen LogP contribution in [-0.2, 0) is 13.0 Å². The molecule has 37 heavy (non-hydrogen) atoms. The number of amides is 1. The van der Waals surface area contributed by atoms with E-state index >= 15 is 0 Å². The molecule has 8 nitrogen and oxygen atoms in total. The molecule has 0 saturated carbocycles. The Balaban J connectivity index is 1.46. The molecule has 3 aromatic carbocycles. The molecule has 0 unspecified atom stereocenters. The van der Waals surface area contributed by atoms with Gasteiger partial charge in [-0.15, -0.1) is 0 Å². The Morgan fingerprint density at radius 3 is 2.22 bits per heavy atom. The predicted octanol–water partition coefficient (Wildman–Crippen LogP) is 4.73. The van der Waals surface area contributed by atoms with Gasteiger partial charge in [-0.05, 0) is 49.2 Å². The van der Waals surface area contributed by atoms with Crippen LogP contribution in [-0.4, -0.2) is 49.9 Å². The standard InChI is InChI=1S/C29H33N3O5/c1-19-9-8-10-20(2)27(19)37-16-15-32-23-12-7-6-11-22(23)31-26(32)13-14-30-29(33)21-17-24(34-3)28(36-5)25(18-21)35-4/h6-12,17-18H,13-16H2,1-5H3,(H,30,33). The molecular weight excluding hydrogens is 470 g/mol. The molecule has 0 atom stereocenters. The van der Waals surface area contributed by atoms with E-state index in [1.807, 2.05) is 24.3 Å². The molecule has 4 aromatic rings. The summed E-state index contributed by atoms with van der Waals surface area (Å²) in [7, 11) is 4.57. The van der Waals surface area contributed by atoms with Gasteiger partial charge in [-0.3, -0.25) is 4.79 Å². The zero-order chi connectivity index (χ0) is 26.4. The number of methoxy groups -OCH3 is 3. The van der Waals surface area contributed by atoms with Gasteiger partial charge in [0.2, 0.25) is 5.75 Å². The van der Waals surface area contributed by atoms with Crippen molar-refractivity contribution < 1.29 is 23.7 Å². The summed E-state index contributed by atoms with van der Waals surface area (Å²) in [6, 6.07) is 17.4. The molecule has 8 heteroatoms. The van der Waals surface area contributed by atoms with Gasteiger partial charge in [0, 0.05) is 18.5 Å². The number of carbonyl (C=O) groups excluding carboxylic acids is 1. The minimum Gasteiger partial charge on any atom is -0.493 e. The lowest BCUT2D eigenvalue weighted by Crippen LogP contribution is -2.27. The highest BCUT2D eigenvalue weighted by Crippen LogP contribution is 2.38. The summed E-state index contributed by atoms with van der Waals surface area (Å²) >= 11 is 0. The molecule has 194 valence electrons. The van der Waals surface area contributed by atoms with Crippen molar-refractivity contribution in [1.29, 1.82) is 0 Å². The van der Waals surface area contributed by atoms with E-state index in [9.17, 15) is 4.79 Å². The molecule has 0 saturated heterocycles. The topological polar surface area (TPSA) is 83.8 Å². The quantitative estimate of drug-likeness (QED) is 0.319. The van der Waals surface area contributed by atoms with Crippen LogP contribution in [0, 0.1) is 13.8 Å². The molecule has 1 aromatic heterocycles. The Labute approximate surface area is 217 Å². The third kappa shape index (κ3) is 5.63. The maximum Gasteiger partial charge on any atom is 0.251 e. The molecule has 1 N–H and O–H groups in total. The summed E-state index contributed by atoms with van der Waals surface area (Å²) in [4.78, 5) is 17.7. The molecule has 1 amide bonds. The second kappa shape index (κ2) is 11.7. The summed E-state index contributed by atoms with van der Waals surface area (Å²) < 4.78 is 24.4. The van der Waals surface area contributed by atoms with E-state index in [2.05, 4.69) is 41.9 Å². The molecule has 0 bridgehead atoms. The zero-order valence-electron chi connectivity index (χ0n) is 22.0. The number of nitrogens with one attached hydrogen (secondary N) is 1. The van der Waals surface area contributed by atoms with Gasteiger partial charge in [-0.2, -0.15) is 0 Å². The van der Waals surface area contributed by atoms with Crippen molar-refractivity contribution in [1.82, 2.24) is 14.9 Å². The van der Waals surface area contributed by atoms with E-state index in [1.54, 1.807) is 12.1 Å². The first kappa shape index (κ1) is 25.9. The van der Waals surface area contributed by atoms with Crippen molar-refractivity contribution in [3.63, 3.8) is 0 Å². The second-order valence-electron chi connectivity index (χ2n) is 8.66. The maximum absolute atomic E-state index is 12.9. The van der Waals surface area contributed by atoms with Crippen molar-refractivity contribution in [2.75, 3.05) is 34.5 Å². The minimum atomic E-state index is -0.236. The highest BCUT2D eigenvalue weighted by Gasteiger charge is 2.17. The van der Waals surface area contributed by atoms with Gasteiger partial charge in [0.05, 0.1) is 38.9 Å². The summed E-state index contributed by atoms with van der Waals surface area (Å²) in [6.07, 6.45) is 0.564. The number of aromatic nitrogens is 2. The number of benzene rings is 3. The number of carbonyl (C=O) groups is 1. The van der Waals surface area contributed by atoms with Crippen molar-refractivity contribution in [3.05, 3.63) is 77.1 Å². The van der Waals surface area contributed by atoms with Gasteiger partial charge in [0.15, 0.2) is 11.5 Å². The van der Waals surface area contributed by atoms with Crippen molar-refractivity contribution in [2.24, 2.45) is 0 Å². The van der Waals surface area contributed by atoms with E-state index in [0.717, 1.165) is 33.7 Å². The third-order valence-electron chi connectivity index (χ3n) is 6.26. The molecule has 0 aliphatic heterocycles. The normalized spacial score (nSPS) is 10.8. The smallest absolute Gasteiger partial charge is 0.251 e. The first-order valence-electron chi connectivity index (χ1n) is 12.2. The number of rotatable bonds is 11. The van der Waals surface area contributed by atoms with Gasteiger partial charge in [-0.1, -0.05) is 30.3 Å². The van der Waals surface area contributed by atoms with Crippen molar-refractivity contribution in [3.8, 4) is 23.0 Å². The average molecular weight is 504 g/mol. The van der Waals surface area contributed by atoms with Gasteiger partial charge >= 0.3 is 0 Å². The number of hydrogen-bond acceptors (Lipinski definition) is 6. The summed E-state index contributed by atoms with van der Waals surface area (Å²) in [5.74, 6) is 2.87. The fourth-order valence-electron chi connectivity index (χ4n) is 4.43. The van der Waals surface area contributed by atoms with Crippen LogP contribution >= 0.6 is 0 Å². The SMILES string of the molecule is COc1cc(C(=O)NCCc2nc3ccccc3n2CCOc2c(C)cccc2C)cc(OC)c1OC.